The van der Waals surface area contributed by atoms with Gasteiger partial charge in [-0.3, -0.25) is 4.99 Å². The lowest BCUT2D eigenvalue weighted by atomic mass is 10.2. The lowest BCUT2D eigenvalue weighted by Gasteiger charge is -2.22. The van der Waals surface area contributed by atoms with Gasteiger partial charge >= 0.3 is 0 Å². The molecule has 1 heterocycles. The van der Waals surface area contributed by atoms with Gasteiger partial charge in [0.1, 0.15) is 0 Å². The second-order valence-corrected chi connectivity index (χ2v) is 5.58. The number of guanidine groups is 1. The number of aryl methyl sites for hydroxylation is 1. The molecule has 0 saturated carbocycles. The van der Waals surface area contributed by atoms with Crippen LogP contribution in [0.2, 0.25) is 5.02 Å². The van der Waals surface area contributed by atoms with Crippen LogP contribution in [0.15, 0.2) is 33.8 Å². The van der Waals surface area contributed by atoms with Gasteiger partial charge in [-0.05, 0) is 25.5 Å². The van der Waals surface area contributed by atoms with E-state index in [1.165, 1.54) is 0 Å². The third kappa shape index (κ3) is 6.27. The lowest BCUT2D eigenvalue weighted by Crippen LogP contribution is -2.38. The molecule has 0 aliphatic rings. The fourth-order valence-electron chi connectivity index (χ4n) is 2.13. The van der Waals surface area contributed by atoms with Gasteiger partial charge in [0.15, 0.2) is 11.8 Å². The highest BCUT2D eigenvalue weighted by Gasteiger charge is 2.09. The van der Waals surface area contributed by atoms with Crippen molar-refractivity contribution in [1.82, 2.24) is 20.4 Å². The first-order valence-corrected chi connectivity index (χ1v) is 8.00. The molecule has 6 nitrogen and oxygen atoms in total. The molecule has 0 amide bonds. The van der Waals surface area contributed by atoms with Crippen molar-refractivity contribution >= 4 is 41.5 Å². The first-order valence-electron chi connectivity index (χ1n) is 7.62. The van der Waals surface area contributed by atoms with E-state index in [4.69, 9.17) is 16.1 Å². The second kappa shape index (κ2) is 10.5. The van der Waals surface area contributed by atoms with E-state index in [1.807, 2.05) is 43.1 Å². The third-order valence-electron chi connectivity index (χ3n) is 3.22. The summed E-state index contributed by atoms with van der Waals surface area (Å²) in [7, 11) is 1.99. The Bertz CT molecular complexity index is 661. The summed E-state index contributed by atoms with van der Waals surface area (Å²) in [5, 5.41) is 7.82. The average molecular weight is 464 g/mol. The highest BCUT2D eigenvalue weighted by molar-refractivity contribution is 14.0. The van der Waals surface area contributed by atoms with Crippen molar-refractivity contribution in [2.24, 2.45) is 4.99 Å². The number of benzene rings is 1. The second-order valence-electron chi connectivity index (χ2n) is 5.17. The minimum atomic E-state index is 0. The molecule has 24 heavy (non-hydrogen) atoms. The van der Waals surface area contributed by atoms with Gasteiger partial charge in [0.05, 0.1) is 6.54 Å². The monoisotopic (exact) mass is 463 g/mol. The maximum atomic E-state index is 6.22. The fourth-order valence-corrected chi connectivity index (χ4v) is 2.32. The Hall–Kier alpha value is -1.35. The molecule has 2 aromatic rings. The molecule has 0 fully saturated rings. The van der Waals surface area contributed by atoms with Crippen LogP contribution in [0.5, 0.6) is 0 Å². The lowest BCUT2D eigenvalue weighted by molar-refractivity contribution is 0.375. The molecule has 0 saturated heterocycles. The van der Waals surface area contributed by atoms with Crippen molar-refractivity contribution in [2.75, 3.05) is 20.1 Å². The molecule has 1 aromatic carbocycles. The molecule has 132 valence electrons. The van der Waals surface area contributed by atoms with E-state index in [0.717, 1.165) is 23.1 Å². The molecule has 0 aliphatic heterocycles. The van der Waals surface area contributed by atoms with E-state index < -0.39 is 0 Å². The maximum absolute atomic E-state index is 6.22. The van der Waals surface area contributed by atoms with Gasteiger partial charge in [0.2, 0.25) is 5.89 Å². The molecular weight excluding hydrogens is 441 g/mol. The number of hydrogen-bond acceptors (Lipinski definition) is 4. The maximum Gasteiger partial charge on any atom is 0.228 e. The number of aliphatic imine (C=N–C) groups is 1. The highest BCUT2D eigenvalue weighted by Crippen LogP contribution is 2.16. The summed E-state index contributed by atoms with van der Waals surface area (Å²) in [5.41, 5.74) is 1.06. The van der Waals surface area contributed by atoms with Crippen LogP contribution in [0.3, 0.4) is 0 Å². The van der Waals surface area contributed by atoms with E-state index >= 15 is 0 Å². The molecule has 1 N–H and O–H groups in total. The van der Waals surface area contributed by atoms with Crippen molar-refractivity contribution in [3.63, 3.8) is 0 Å². The Kier molecular flexibility index (Phi) is 9.05. The summed E-state index contributed by atoms with van der Waals surface area (Å²) in [5.74, 6) is 2.08. The number of rotatable bonds is 6. The Morgan fingerprint density at radius 3 is 2.75 bits per heavy atom. The fraction of sp³-hybridized carbons (Fsp3) is 0.438. The standard InChI is InChI=1S/C16H22ClN5O.HI/c1-4-18-16(19-10-9-15-20-12(2)21-23-15)22(3)11-13-7-5-6-8-14(13)17;/h5-8H,4,9-11H2,1-3H3,(H,18,19);1H. The van der Waals surface area contributed by atoms with Crippen LogP contribution >= 0.6 is 35.6 Å². The van der Waals surface area contributed by atoms with E-state index in [1.54, 1.807) is 6.92 Å². The summed E-state index contributed by atoms with van der Waals surface area (Å²) in [6.45, 7) is 5.91. The largest absolute Gasteiger partial charge is 0.357 e. The van der Waals surface area contributed by atoms with Gasteiger partial charge in [0.25, 0.3) is 0 Å². The smallest absolute Gasteiger partial charge is 0.228 e. The Morgan fingerprint density at radius 2 is 2.12 bits per heavy atom. The van der Waals surface area contributed by atoms with Crippen molar-refractivity contribution < 1.29 is 4.52 Å². The number of nitrogens with one attached hydrogen (secondary N) is 1. The molecule has 0 aliphatic carbocycles. The van der Waals surface area contributed by atoms with Gasteiger partial charge in [-0.1, -0.05) is 35.0 Å². The minimum absolute atomic E-state index is 0. The molecule has 0 bridgehead atoms. The average Bonchev–Trinajstić information content (AvgIpc) is 2.94. The predicted molar refractivity (Wildman–Crippen MR) is 107 cm³/mol. The molecule has 2 rings (SSSR count). The van der Waals surface area contributed by atoms with Crippen LogP contribution in [-0.4, -0.2) is 41.1 Å². The highest BCUT2D eigenvalue weighted by atomic mass is 127. The van der Waals surface area contributed by atoms with Gasteiger partial charge in [-0.25, -0.2) is 0 Å². The zero-order valence-electron chi connectivity index (χ0n) is 14.1. The van der Waals surface area contributed by atoms with Crippen LogP contribution < -0.4 is 5.32 Å². The topological polar surface area (TPSA) is 66.5 Å². The van der Waals surface area contributed by atoms with Crippen molar-refractivity contribution in [2.45, 2.75) is 26.8 Å². The van der Waals surface area contributed by atoms with Gasteiger partial charge in [-0.2, -0.15) is 4.98 Å². The Morgan fingerprint density at radius 1 is 1.38 bits per heavy atom. The van der Waals surface area contributed by atoms with Crippen LogP contribution in [-0.2, 0) is 13.0 Å². The number of aromatic nitrogens is 2. The summed E-state index contributed by atoms with van der Waals surface area (Å²) in [4.78, 5) is 10.8. The Balaban J connectivity index is 0.00000288. The molecule has 8 heteroatoms. The predicted octanol–water partition coefficient (Wildman–Crippen LogP) is 3.29. The van der Waals surface area contributed by atoms with E-state index in [2.05, 4.69) is 20.4 Å². The van der Waals surface area contributed by atoms with Gasteiger partial charge in [0, 0.05) is 31.6 Å². The summed E-state index contributed by atoms with van der Waals surface area (Å²) in [6, 6.07) is 7.82. The van der Waals surface area contributed by atoms with Crippen LogP contribution in [0, 0.1) is 6.92 Å². The van der Waals surface area contributed by atoms with Crippen molar-refractivity contribution in [3.05, 3.63) is 46.6 Å². The molecule has 0 atom stereocenters. The van der Waals surface area contributed by atoms with Crippen molar-refractivity contribution in [1.29, 1.82) is 0 Å². The Labute approximate surface area is 164 Å². The summed E-state index contributed by atoms with van der Waals surface area (Å²) in [6.07, 6.45) is 0.621. The van der Waals surface area contributed by atoms with Gasteiger partial charge in [-0.15, -0.1) is 24.0 Å². The zero-order chi connectivity index (χ0) is 16.7. The van der Waals surface area contributed by atoms with Gasteiger partial charge < -0.3 is 14.7 Å². The van der Waals surface area contributed by atoms with E-state index in [-0.39, 0.29) is 24.0 Å². The first-order chi connectivity index (χ1) is 11.1. The molecule has 1 aromatic heterocycles. The van der Waals surface area contributed by atoms with E-state index in [9.17, 15) is 0 Å². The van der Waals surface area contributed by atoms with Crippen LogP contribution in [0.1, 0.15) is 24.2 Å². The quantitative estimate of drug-likeness (QED) is 0.404. The molecule has 0 radical (unpaired) electrons. The van der Waals surface area contributed by atoms with Crippen LogP contribution in [0.25, 0.3) is 0 Å². The number of halogens is 2. The first kappa shape index (κ1) is 20.7. The molecule has 0 unspecified atom stereocenters. The van der Waals surface area contributed by atoms with Crippen LogP contribution in [0.4, 0.5) is 0 Å². The normalized spacial score (nSPS) is 11.1. The summed E-state index contributed by atoms with van der Waals surface area (Å²) >= 11 is 6.22. The SMILES string of the molecule is CCNC(=NCCc1nc(C)no1)N(C)Cc1ccccc1Cl.I. The number of nitrogens with zero attached hydrogens (tertiary/aromatic N) is 4. The van der Waals surface area contributed by atoms with Crippen molar-refractivity contribution in [3.8, 4) is 0 Å². The van der Waals surface area contributed by atoms with E-state index in [0.29, 0.717) is 31.2 Å². The number of hydrogen-bond donors (Lipinski definition) is 1. The zero-order valence-corrected chi connectivity index (χ0v) is 17.2. The molecule has 0 spiro atoms. The summed E-state index contributed by atoms with van der Waals surface area (Å²) < 4.78 is 5.10. The third-order valence-corrected chi connectivity index (χ3v) is 3.59. The minimum Gasteiger partial charge on any atom is -0.357 e. The molecular formula is C16H23ClIN5O.